The average Bonchev–Trinajstić information content (AvgIpc) is 2.62. The van der Waals surface area contributed by atoms with Crippen molar-refractivity contribution in [1.82, 2.24) is 4.57 Å². The van der Waals surface area contributed by atoms with Crippen LogP contribution in [0, 0.1) is 0 Å². The van der Waals surface area contributed by atoms with Gasteiger partial charge in [-0.05, 0) is 17.7 Å². The summed E-state index contributed by atoms with van der Waals surface area (Å²) in [7, 11) is 3.33. The van der Waals surface area contributed by atoms with Crippen LogP contribution in [0.5, 0.6) is 0 Å². The van der Waals surface area contributed by atoms with Crippen molar-refractivity contribution in [2.45, 2.75) is 5.92 Å². The molecule has 0 spiro atoms. The van der Waals surface area contributed by atoms with Gasteiger partial charge in [-0.1, -0.05) is 6.07 Å². The SMILES string of the molecule is COCC(CN)c1ccc2oc(=O)n(C)c2c1. The molecule has 1 atom stereocenters. The first-order chi connectivity index (χ1) is 8.17. The molecule has 0 radical (unpaired) electrons. The molecule has 2 rings (SSSR count). The predicted molar refractivity (Wildman–Crippen MR) is 65.1 cm³/mol. The lowest BCUT2D eigenvalue weighted by atomic mass is 10.00. The molecule has 1 heterocycles. The number of methoxy groups -OCH3 is 1. The van der Waals surface area contributed by atoms with E-state index < -0.39 is 0 Å². The van der Waals surface area contributed by atoms with Gasteiger partial charge in [-0.2, -0.15) is 0 Å². The van der Waals surface area contributed by atoms with Gasteiger partial charge in [0, 0.05) is 26.6 Å². The van der Waals surface area contributed by atoms with E-state index in [-0.39, 0.29) is 11.7 Å². The van der Waals surface area contributed by atoms with Gasteiger partial charge < -0.3 is 14.9 Å². The van der Waals surface area contributed by atoms with Gasteiger partial charge in [-0.15, -0.1) is 0 Å². The minimum Gasteiger partial charge on any atom is -0.408 e. The molecule has 17 heavy (non-hydrogen) atoms. The predicted octanol–water partition coefficient (Wildman–Crippen LogP) is 0.820. The summed E-state index contributed by atoms with van der Waals surface area (Å²) in [6, 6.07) is 5.64. The van der Waals surface area contributed by atoms with Crippen molar-refractivity contribution in [3.8, 4) is 0 Å². The van der Waals surface area contributed by atoms with Gasteiger partial charge in [0.2, 0.25) is 0 Å². The highest BCUT2D eigenvalue weighted by atomic mass is 16.5. The fraction of sp³-hybridized carbons (Fsp3) is 0.417. The molecular weight excluding hydrogens is 220 g/mol. The van der Waals surface area contributed by atoms with Crippen LogP contribution in [0.15, 0.2) is 27.4 Å². The second-order valence-electron chi connectivity index (χ2n) is 4.04. The highest BCUT2D eigenvalue weighted by Gasteiger charge is 2.12. The fourth-order valence-corrected chi connectivity index (χ4v) is 1.90. The Kier molecular flexibility index (Phi) is 3.31. The van der Waals surface area contributed by atoms with Gasteiger partial charge in [0.15, 0.2) is 5.58 Å². The molecule has 2 aromatic rings. The number of nitrogens with zero attached hydrogens (tertiary/aromatic N) is 1. The number of hydrogen-bond donors (Lipinski definition) is 1. The van der Waals surface area contributed by atoms with Crippen LogP contribution in [0.4, 0.5) is 0 Å². The third kappa shape index (κ3) is 2.11. The molecule has 0 saturated carbocycles. The van der Waals surface area contributed by atoms with E-state index in [1.807, 2.05) is 12.1 Å². The van der Waals surface area contributed by atoms with Crippen molar-refractivity contribution < 1.29 is 9.15 Å². The van der Waals surface area contributed by atoms with E-state index in [4.69, 9.17) is 14.9 Å². The van der Waals surface area contributed by atoms with Crippen LogP contribution in [0.1, 0.15) is 11.5 Å². The molecule has 0 fully saturated rings. The van der Waals surface area contributed by atoms with Crippen LogP contribution in [-0.2, 0) is 11.8 Å². The largest absolute Gasteiger partial charge is 0.419 e. The van der Waals surface area contributed by atoms with E-state index in [0.717, 1.165) is 11.1 Å². The van der Waals surface area contributed by atoms with Gasteiger partial charge in [0.1, 0.15) is 0 Å². The average molecular weight is 236 g/mol. The quantitative estimate of drug-likeness (QED) is 0.853. The van der Waals surface area contributed by atoms with E-state index in [9.17, 15) is 4.79 Å². The standard InChI is InChI=1S/C12H16N2O3/c1-14-10-5-8(9(6-13)7-16-2)3-4-11(10)17-12(14)15/h3-5,9H,6-7,13H2,1-2H3. The number of benzene rings is 1. The first-order valence-corrected chi connectivity index (χ1v) is 5.46. The molecule has 0 aliphatic rings. The zero-order chi connectivity index (χ0) is 12.4. The maximum Gasteiger partial charge on any atom is 0.419 e. The van der Waals surface area contributed by atoms with E-state index in [1.165, 1.54) is 4.57 Å². The number of rotatable bonds is 4. The molecule has 92 valence electrons. The van der Waals surface area contributed by atoms with Gasteiger partial charge in [0.25, 0.3) is 0 Å². The zero-order valence-corrected chi connectivity index (χ0v) is 9.97. The molecule has 0 aliphatic carbocycles. The molecule has 1 aromatic carbocycles. The first-order valence-electron chi connectivity index (χ1n) is 5.46. The molecule has 0 bridgehead atoms. The number of fused-ring (bicyclic) bond motifs is 1. The maximum absolute atomic E-state index is 11.4. The van der Waals surface area contributed by atoms with E-state index in [0.29, 0.717) is 18.7 Å². The molecule has 5 nitrogen and oxygen atoms in total. The molecule has 1 unspecified atom stereocenters. The molecule has 0 saturated heterocycles. The minimum absolute atomic E-state index is 0.134. The van der Waals surface area contributed by atoms with E-state index >= 15 is 0 Å². The third-order valence-electron chi connectivity index (χ3n) is 2.94. The zero-order valence-electron chi connectivity index (χ0n) is 9.97. The topological polar surface area (TPSA) is 70.4 Å². The van der Waals surface area contributed by atoms with E-state index in [2.05, 4.69) is 0 Å². The summed E-state index contributed by atoms with van der Waals surface area (Å²) in [5.41, 5.74) is 8.13. The molecule has 2 N–H and O–H groups in total. The van der Waals surface area contributed by atoms with Crippen molar-refractivity contribution in [3.05, 3.63) is 34.3 Å². The van der Waals surface area contributed by atoms with Crippen LogP contribution in [0.2, 0.25) is 0 Å². The van der Waals surface area contributed by atoms with Crippen LogP contribution < -0.4 is 11.5 Å². The number of aryl methyl sites for hydroxylation is 1. The second kappa shape index (κ2) is 4.73. The molecule has 5 heteroatoms. The van der Waals surface area contributed by atoms with Gasteiger partial charge in [-0.3, -0.25) is 4.57 Å². The fourth-order valence-electron chi connectivity index (χ4n) is 1.90. The number of aromatic nitrogens is 1. The van der Waals surface area contributed by atoms with Crippen molar-refractivity contribution in [2.75, 3.05) is 20.3 Å². The first kappa shape index (κ1) is 11.9. The normalized spacial score (nSPS) is 13.1. The van der Waals surface area contributed by atoms with E-state index in [1.54, 1.807) is 20.2 Å². The van der Waals surface area contributed by atoms with Gasteiger partial charge in [0.05, 0.1) is 12.1 Å². The maximum atomic E-state index is 11.4. The summed E-state index contributed by atoms with van der Waals surface area (Å²) in [6.45, 7) is 1.07. The Morgan fingerprint density at radius 1 is 1.53 bits per heavy atom. The molecule has 0 amide bonds. The van der Waals surface area contributed by atoms with Crippen molar-refractivity contribution in [1.29, 1.82) is 0 Å². The Labute approximate surface area is 98.8 Å². The van der Waals surface area contributed by atoms with Crippen molar-refractivity contribution >= 4 is 11.1 Å². The molecule has 1 aromatic heterocycles. The van der Waals surface area contributed by atoms with Gasteiger partial charge >= 0.3 is 5.76 Å². The van der Waals surface area contributed by atoms with Crippen molar-refractivity contribution in [3.63, 3.8) is 0 Å². The second-order valence-corrected chi connectivity index (χ2v) is 4.04. The lowest BCUT2D eigenvalue weighted by Crippen LogP contribution is -2.17. The highest BCUT2D eigenvalue weighted by Crippen LogP contribution is 2.20. The van der Waals surface area contributed by atoms with Crippen LogP contribution in [0.3, 0.4) is 0 Å². The van der Waals surface area contributed by atoms with Gasteiger partial charge in [-0.25, -0.2) is 4.79 Å². The summed E-state index contributed by atoms with van der Waals surface area (Å²) >= 11 is 0. The summed E-state index contributed by atoms with van der Waals surface area (Å²) in [6.07, 6.45) is 0. The minimum atomic E-state index is -0.354. The summed E-state index contributed by atoms with van der Waals surface area (Å²) in [5, 5.41) is 0. The molecule has 0 aliphatic heterocycles. The monoisotopic (exact) mass is 236 g/mol. The van der Waals surface area contributed by atoms with Crippen LogP contribution in [-0.4, -0.2) is 24.8 Å². The Hall–Kier alpha value is -1.59. The Bertz CT molecular complexity index is 571. The third-order valence-corrected chi connectivity index (χ3v) is 2.94. The van der Waals surface area contributed by atoms with Crippen molar-refractivity contribution in [2.24, 2.45) is 12.8 Å². The number of nitrogens with two attached hydrogens (primary N) is 1. The lowest BCUT2D eigenvalue weighted by Gasteiger charge is -2.13. The Morgan fingerprint density at radius 2 is 2.29 bits per heavy atom. The number of hydrogen-bond acceptors (Lipinski definition) is 4. The summed E-state index contributed by atoms with van der Waals surface area (Å²) in [5.74, 6) is -0.220. The summed E-state index contributed by atoms with van der Waals surface area (Å²) in [4.78, 5) is 11.4. The Balaban J connectivity index is 2.49. The summed E-state index contributed by atoms with van der Waals surface area (Å²) < 4.78 is 11.7. The Morgan fingerprint density at radius 3 is 2.94 bits per heavy atom. The van der Waals surface area contributed by atoms with Crippen LogP contribution >= 0.6 is 0 Å². The number of ether oxygens (including phenoxy) is 1. The lowest BCUT2D eigenvalue weighted by molar-refractivity contribution is 0.181. The number of oxazole rings is 1. The molecular formula is C12H16N2O3. The smallest absolute Gasteiger partial charge is 0.408 e. The highest BCUT2D eigenvalue weighted by molar-refractivity contribution is 5.73. The van der Waals surface area contributed by atoms with Crippen LogP contribution in [0.25, 0.3) is 11.1 Å².